The van der Waals surface area contributed by atoms with E-state index < -0.39 is 5.60 Å². The molecule has 106 valence electrons. The molecule has 2 unspecified atom stereocenters. The van der Waals surface area contributed by atoms with E-state index in [1.165, 1.54) is 6.42 Å². The third-order valence-corrected chi connectivity index (χ3v) is 3.96. The van der Waals surface area contributed by atoms with Crippen LogP contribution in [0.1, 0.15) is 58.0 Å². The van der Waals surface area contributed by atoms with Crippen molar-refractivity contribution < 1.29 is 4.74 Å². The first-order valence-electron chi connectivity index (χ1n) is 7.34. The summed E-state index contributed by atoms with van der Waals surface area (Å²) in [6.45, 7) is 6.91. The number of H-pyrrole nitrogens is 1. The molecule has 1 saturated carbocycles. The molecule has 0 spiro atoms. The average Bonchev–Trinajstić information content (AvgIpc) is 2.38. The number of aryl methyl sites for hydroxylation is 1. The van der Waals surface area contributed by atoms with Crippen LogP contribution in [0.4, 0.5) is 0 Å². The lowest BCUT2D eigenvalue weighted by molar-refractivity contribution is -0.0883. The Morgan fingerprint density at radius 2 is 2.32 bits per heavy atom. The number of hydrogen-bond acceptors (Lipinski definition) is 3. The Labute approximate surface area is 114 Å². The molecule has 0 aliphatic heterocycles. The maximum absolute atomic E-state index is 11.8. The van der Waals surface area contributed by atoms with Crippen molar-refractivity contribution in [1.82, 2.24) is 9.97 Å². The van der Waals surface area contributed by atoms with E-state index in [0.29, 0.717) is 12.5 Å². The molecule has 4 heteroatoms. The van der Waals surface area contributed by atoms with Gasteiger partial charge in [0.05, 0.1) is 0 Å². The van der Waals surface area contributed by atoms with Crippen LogP contribution in [0.5, 0.6) is 0 Å². The van der Waals surface area contributed by atoms with Crippen LogP contribution in [-0.4, -0.2) is 16.6 Å². The Hall–Kier alpha value is -1.16. The lowest BCUT2D eigenvalue weighted by Gasteiger charge is -2.38. The van der Waals surface area contributed by atoms with Crippen molar-refractivity contribution in [1.29, 1.82) is 0 Å². The van der Waals surface area contributed by atoms with Gasteiger partial charge in [-0.1, -0.05) is 20.3 Å². The van der Waals surface area contributed by atoms with Gasteiger partial charge in [0.25, 0.3) is 5.56 Å². The van der Waals surface area contributed by atoms with Crippen LogP contribution in [0.15, 0.2) is 10.9 Å². The Morgan fingerprint density at radius 3 is 2.95 bits per heavy atom. The fourth-order valence-electron chi connectivity index (χ4n) is 3.10. The summed E-state index contributed by atoms with van der Waals surface area (Å²) in [5.41, 5.74) is 0.381. The van der Waals surface area contributed by atoms with Gasteiger partial charge in [-0.25, -0.2) is 4.98 Å². The molecule has 4 nitrogen and oxygen atoms in total. The molecule has 2 rings (SSSR count). The summed E-state index contributed by atoms with van der Waals surface area (Å²) in [6.07, 6.45) is 5.01. The van der Waals surface area contributed by atoms with Crippen molar-refractivity contribution in [2.75, 3.05) is 6.61 Å². The van der Waals surface area contributed by atoms with Gasteiger partial charge in [0.1, 0.15) is 11.4 Å². The van der Waals surface area contributed by atoms with Crippen LogP contribution < -0.4 is 5.56 Å². The maximum atomic E-state index is 11.8. The van der Waals surface area contributed by atoms with Gasteiger partial charge < -0.3 is 9.72 Å². The molecule has 1 aromatic heterocycles. The van der Waals surface area contributed by atoms with E-state index >= 15 is 0 Å². The van der Waals surface area contributed by atoms with Crippen molar-refractivity contribution in [2.24, 2.45) is 5.92 Å². The zero-order chi connectivity index (χ0) is 13.9. The van der Waals surface area contributed by atoms with E-state index in [2.05, 4.69) is 16.9 Å². The lowest BCUT2D eigenvalue weighted by atomic mass is 9.78. The number of nitrogens with zero attached hydrogens (tertiary/aromatic N) is 1. The highest BCUT2D eigenvalue weighted by molar-refractivity contribution is 5.10. The third kappa shape index (κ3) is 3.06. The number of nitrogens with one attached hydrogen (secondary N) is 1. The predicted octanol–water partition coefficient (Wildman–Crippen LogP) is 2.77. The second kappa shape index (κ2) is 5.87. The summed E-state index contributed by atoms with van der Waals surface area (Å²) in [5.74, 6) is 1.33. The second-order valence-electron chi connectivity index (χ2n) is 5.57. The molecule has 0 bridgehead atoms. The summed E-state index contributed by atoms with van der Waals surface area (Å²) in [5, 5.41) is 0. The summed E-state index contributed by atoms with van der Waals surface area (Å²) in [6, 6.07) is 1.58. The highest BCUT2D eigenvalue weighted by atomic mass is 16.5. The van der Waals surface area contributed by atoms with Crippen molar-refractivity contribution >= 4 is 0 Å². The normalized spacial score (nSPS) is 27.4. The highest BCUT2D eigenvalue weighted by Gasteiger charge is 2.39. The molecule has 2 atom stereocenters. The SMILES string of the molecule is CCOC1(c2nc(CC)cc(=O)[nH]2)CCCC(C)C1. The van der Waals surface area contributed by atoms with Crippen LogP contribution in [0.2, 0.25) is 0 Å². The van der Waals surface area contributed by atoms with Crippen LogP contribution >= 0.6 is 0 Å². The maximum Gasteiger partial charge on any atom is 0.251 e. The van der Waals surface area contributed by atoms with Crippen LogP contribution in [0, 0.1) is 5.92 Å². The van der Waals surface area contributed by atoms with Gasteiger partial charge >= 0.3 is 0 Å². The Bertz CT molecular complexity index is 479. The smallest absolute Gasteiger partial charge is 0.251 e. The van der Waals surface area contributed by atoms with Gasteiger partial charge in [0.2, 0.25) is 0 Å². The molecular formula is C15H24N2O2. The Balaban J connectivity index is 2.43. The average molecular weight is 264 g/mol. The van der Waals surface area contributed by atoms with Crippen molar-refractivity contribution in [3.05, 3.63) is 27.9 Å². The fourth-order valence-corrected chi connectivity index (χ4v) is 3.10. The fraction of sp³-hybridized carbons (Fsp3) is 0.733. The van der Waals surface area contributed by atoms with Gasteiger partial charge in [-0.05, 0) is 38.5 Å². The number of hydrogen-bond donors (Lipinski definition) is 1. The molecular weight excluding hydrogens is 240 g/mol. The predicted molar refractivity (Wildman–Crippen MR) is 75.2 cm³/mol. The minimum absolute atomic E-state index is 0.0702. The quantitative estimate of drug-likeness (QED) is 0.909. The lowest BCUT2D eigenvalue weighted by Crippen LogP contribution is -2.38. The summed E-state index contributed by atoms with van der Waals surface area (Å²) in [4.78, 5) is 19.3. The number of aromatic amines is 1. The van der Waals surface area contributed by atoms with E-state index in [1.54, 1.807) is 6.07 Å². The van der Waals surface area contributed by atoms with Crippen LogP contribution in [0.25, 0.3) is 0 Å². The first-order valence-corrected chi connectivity index (χ1v) is 7.34. The van der Waals surface area contributed by atoms with Gasteiger partial charge in [-0.3, -0.25) is 4.79 Å². The van der Waals surface area contributed by atoms with Gasteiger partial charge in [-0.2, -0.15) is 0 Å². The number of aromatic nitrogens is 2. The molecule has 1 fully saturated rings. The van der Waals surface area contributed by atoms with E-state index in [0.717, 1.165) is 37.2 Å². The standard InChI is InChI=1S/C15H24N2O2/c1-4-12-9-13(18)17-14(16-12)15(19-5-2)8-6-7-11(3)10-15/h9,11H,4-8,10H2,1-3H3,(H,16,17,18). The van der Waals surface area contributed by atoms with Crippen molar-refractivity contribution in [3.8, 4) is 0 Å². The van der Waals surface area contributed by atoms with Gasteiger partial charge in [-0.15, -0.1) is 0 Å². The minimum atomic E-state index is -0.392. The molecule has 1 aliphatic carbocycles. The number of rotatable bonds is 4. The van der Waals surface area contributed by atoms with Gasteiger partial charge in [0, 0.05) is 18.4 Å². The summed E-state index contributed by atoms with van der Waals surface area (Å²) < 4.78 is 6.05. The zero-order valence-electron chi connectivity index (χ0n) is 12.2. The summed E-state index contributed by atoms with van der Waals surface area (Å²) in [7, 11) is 0. The van der Waals surface area contributed by atoms with E-state index in [-0.39, 0.29) is 5.56 Å². The minimum Gasteiger partial charge on any atom is -0.367 e. The molecule has 0 saturated heterocycles. The molecule has 1 aromatic rings. The summed E-state index contributed by atoms with van der Waals surface area (Å²) >= 11 is 0. The molecule has 0 radical (unpaired) electrons. The molecule has 0 amide bonds. The second-order valence-corrected chi connectivity index (χ2v) is 5.57. The Morgan fingerprint density at radius 1 is 1.53 bits per heavy atom. The zero-order valence-corrected chi connectivity index (χ0v) is 12.2. The van der Waals surface area contributed by atoms with E-state index in [9.17, 15) is 4.79 Å². The highest BCUT2D eigenvalue weighted by Crippen LogP contribution is 2.41. The number of ether oxygens (including phenoxy) is 1. The molecule has 0 aromatic carbocycles. The molecule has 1 aliphatic rings. The Kier molecular flexibility index (Phi) is 4.40. The van der Waals surface area contributed by atoms with Crippen LogP contribution in [0.3, 0.4) is 0 Å². The molecule has 1 heterocycles. The van der Waals surface area contributed by atoms with Crippen molar-refractivity contribution in [3.63, 3.8) is 0 Å². The van der Waals surface area contributed by atoms with E-state index in [1.807, 2.05) is 13.8 Å². The van der Waals surface area contributed by atoms with E-state index in [4.69, 9.17) is 4.74 Å². The first-order chi connectivity index (χ1) is 9.09. The molecule has 19 heavy (non-hydrogen) atoms. The van der Waals surface area contributed by atoms with Crippen LogP contribution in [-0.2, 0) is 16.8 Å². The monoisotopic (exact) mass is 264 g/mol. The van der Waals surface area contributed by atoms with Gasteiger partial charge in [0.15, 0.2) is 0 Å². The van der Waals surface area contributed by atoms with Crippen molar-refractivity contribution in [2.45, 2.75) is 58.5 Å². The first kappa shape index (κ1) is 14.3. The topological polar surface area (TPSA) is 55.0 Å². The third-order valence-electron chi connectivity index (χ3n) is 3.96. The molecule has 1 N–H and O–H groups in total. The largest absolute Gasteiger partial charge is 0.367 e.